The molecule has 0 aromatic heterocycles. The molecule has 1 aromatic carbocycles. The maximum Gasteiger partial charge on any atom is 0.401 e. The molecule has 2 saturated heterocycles. The third kappa shape index (κ3) is 7.60. The first-order valence-corrected chi connectivity index (χ1v) is 9.89. The minimum absolute atomic E-state index is 0. The molecule has 164 valence electrons. The fourth-order valence-corrected chi connectivity index (χ4v) is 4.15. The summed E-state index contributed by atoms with van der Waals surface area (Å²) >= 11 is 0. The molecule has 2 aliphatic heterocycles. The van der Waals surface area contributed by atoms with Crippen LogP contribution < -0.4 is 10.6 Å². The van der Waals surface area contributed by atoms with E-state index < -0.39 is 12.7 Å². The van der Waals surface area contributed by atoms with Crippen molar-refractivity contribution in [2.75, 3.05) is 33.2 Å². The quantitative estimate of drug-likeness (QED) is 0.353. The zero-order valence-electron chi connectivity index (χ0n) is 17.0. The number of alkyl halides is 3. The van der Waals surface area contributed by atoms with Gasteiger partial charge >= 0.3 is 6.18 Å². The second-order valence-electron chi connectivity index (χ2n) is 7.89. The van der Waals surface area contributed by atoms with Crippen molar-refractivity contribution in [3.63, 3.8) is 0 Å². The lowest BCUT2D eigenvalue weighted by Gasteiger charge is -2.22. The molecule has 0 saturated carbocycles. The molecule has 1 aromatic rings. The molecule has 0 bridgehead atoms. The summed E-state index contributed by atoms with van der Waals surface area (Å²) in [6, 6.07) is 11.1. The molecular weight excluding hydrogens is 494 g/mol. The van der Waals surface area contributed by atoms with Gasteiger partial charge in [-0.2, -0.15) is 13.2 Å². The van der Waals surface area contributed by atoms with E-state index in [1.807, 2.05) is 6.07 Å². The van der Waals surface area contributed by atoms with Crippen molar-refractivity contribution in [1.29, 1.82) is 0 Å². The Kier molecular flexibility index (Phi) is 9.02. The maximum atomic E-state index is 12.6. The van der Waals surface area contributed by atoms with Crippen LogP contribution >= 0.6 is 24.0 Å². The summed E-state index contributed by atoms with van der Waals surface area (Å²) in [4.78, 5) is 8.18. The molecule has 3 rings (SSSR count). The number of nitrogens with zero attached hydrogens (tertiary/aromatic N) is 3. The molecule has 3 atom stereocenters. The number of rotatable bonds is 5. The third-order valence-electron chi connectivity index (χ3n) is 5.51. The lowest BCUT2D eigenvalue weighted by molar-refractivity contribution is -0.143. The first-order chi connectivity index (χ1) is 13.3. The molecule has 2 heterocycles. The van der Waals surface area contributed by atoms with Gasteiger partial charge < -0.3 is 10.6 Å². The number of hydrogen-bond donors (Lipinski definition) is 2. The van der Waals surface area contributed by atoms with Gasteiger partial charge in [0.25, 0.3) is 0 Å². The van der Waals surface area contributed by atoms with Crippen LogP contribution in [0.25, 0.3) is 0 Å². The van der Waals surface area contributed by atoms with Gasteiger partial charge in [0.2, 0.25) is 0 Å². The molecule has 0 spiro atoms. The third-order valence-corrected chi connectivity index (χ3v) is 5.51. The highest BCUT2D eigenvalue weighted by molar-refractivity contribution is 14.0. The van der Waals surface area contributed by atoms with Crippen LogP contribution in [0.1, 0.15) is 25.3 Å². The fraction of sp³-hybridized carbons (Fsp3) is 0.650. The summed E-state index contributed by atoms with van der Waals surface area (Å²) in [6.45, 7) is 4.07. The fourth-order valence-electron chi connectivity index (χ4n) is 4.15. The minimum Gasteiger partial charge on any atom is -0.352 e. The van der Waals surface area contributed by atoms with Gasteiger partial charge in [0.1, 0.15) is 0 Å². The summed E-state index contributed by atoms with van der Waals surface area (Å²) in [5.74, 6) is 0.678. The van der Waals surface area contributed by atoms with Gasteiger partial charge in [-0.05, 0) is 25.3 Å². The van der Waals surface area contributed by atoms with Crippen molar-refractivity contribution >= 4 is 29.9 Å². The van der Waals surface area contributed by atoms with Crippen LogP contribution in [0.15, 0.2) is 35.3 Å². The molecule has 0 aliphatic carbocycles. The van der Waals surface area contributed by atoms with E-state index in [1.165, 1.54) is 10.5 Å². The average molecular weight is 525 g/mol. The van der Waals surface area contributed by atoms with Crippen molar-refractivity contribution < 1.29 is 13.2 Å². The zero-order valence-corrected chi connectivity index (χ0v) is 19.3. The first-order valence-electron chi connectivity index (χ1n) is 9.89. The second kappa shape index (κ2) is 10.8. The molecule has 5 nitrogen and oxygen atoms in total. The monoisotopic (exact) mass is 525 g/mol. The Hall–Kier alpha value is -1.07. The van der Waals surface area contributed by atoms with Gasteiger partial charge in [-0.15, -0.1) is 24.0 Å². The Morgan fingerprint density at radius 1 is 1.14 bits per heavy atom. The maximum absolute atomic E-state index is 12.6. The number of aliphatic imine (C=N–C) groups is 1. The molecule has 0 radical (unpaired) electrons. The lowest BCUT2D eigenvalue weighted by Crippen LogP contribution is -2.49. The van der Waals surface area contributed by atoms with Gasteiger partial charge in [0.15, 0.2) is 5.96 Å². The highest BCUT2D eigenvalue weighted by atomic mass is 127. The van der Waals surface area contributed by atoms with E-state index >= 15 is 0 Å². The highest BCUT2D eigenvalue weighted by Gasteiger charge is 2.35. The zero-order chi connectivity index (χ0) is 20.1. The van der Waals surface area contributed by atoms with E-state index in [9.17, 15) is 13.2 Å². The topological polar surface area (TPSA) is 42.9 Å². The highest BCUT2D eigenvalue weighted by Crippen LogP contribution is 2.21. The summed E-state index contributed by atoms with van der Waals surface area (Å²) < 4.78 is 37.7. The van der Waals surface area contributed by atoms with Crippen molar-refractivity contribution in [2.24, 2.45) is 4.99 Å². The first kappa shape index (κ1) is 24.2. The lowest BCUT2D eigenvalue weighted by atomic mass is 10.2. The summed E-state index contributed by atoms with van der Waals surface area (Å²) in [5, 5.41) is 6.76. The van der Waals surface area contributed by atoms with Crippen molar-refractivity contribution in [3.05, 3.63) is 35.9 Å². The number of hydrogen-bond acceptors (Lipinski definition) is 3. The van der Waals surface area contributed by atoms with E-state index in [2.05, 4.69) is 51.7 Å². The SMILES string of the molecule is CN=C(NC1CCN(CC(F)(F)F)C1)NC1CC(C)N(Cc2ccccc2)C1.I. The molecule has 9 heteroatoms. The number of benzene rings is 1. The minimum atomic E-state index is -4.14. The molecule has 2 aliphatic rings. The van der Waals surface area contributed by atoms with Crippen LogP contribution in [0.5, 0.6) is 0 Å². The Morgan fingerprint density at radius 3 is 2.48 bits per heavy atom. The van der Waals surface area contributed by atoms with Gasteiger partial charge in [-0.25, -0.2) is 0 Å². The van der Waals surface area contributed by atoms with Gasteiger partial charge in [0, 0.05) is 51.4 Å². The number of halogens is 4. The molecule has 29 heavy (non-hydrogen) atoms. The summed E-state index contributed by atoms with van der Waals surface area (Å²) in [6.07, 6.45) is -2.44. The van der Waals surface area contributed by atoms with Gasteiger partial charge in [-0.3, -0.25) is 14.8 Å². The van der Waals surface area contributed by atoms with E-state index in [4.69, 9.17) is 0 Å². The molecule has 3 unspecified atom stereocenters. The summed E-state index contributed by atoms with van der Waals surface area (Å²) in [7, 11) is 1.71. The van der Waals surface area contributed by atoms with Crippen LogP contribution in [0, 0.1) is 0 Å². The summed E-state index contributed by atoms with van der Waals surface area (Å²) in [5.41, 5.74) is 1.30. The number of nitrogens with one attached hydrogen (secondary N) is 2. The smallest absolute Gasteiger partial charge is 0.352 e. The van der Waals surface area contributed by atoms with Gasteiger partial charge in [-0.1, -0.05) is 30.3 Å². The van der Waals surface area contributed by atoms with Crippen LogP contribution in [0.2, 0.25) is 0 Å². The predicted molar refractivity (Wildman–Crippen MR) is 121 cm³/mol. The van der Waals surface area contributed by atoms with E-state index in [-0.39, 0.29) is 36.1 Å². The average Bonchev–Trinajstić information content (AvgIpc) is 3.20. The Bertz CT molecular complexity index is 655. The van der Waals surface area contributed by atoms with E-state index in [0.29, 0.717) is 31.5 Å². The van der Waals surface area contributed by atoms with Crippen LogP contribution in [-0.2, 0) is 6.54 Å². The van der Waals surface area contributed by atoms with Crippen LogP contribution in [0.3, 0.4) is 0 Å². The molecule has 2 N–H and O–H groups in total. The van der Waals surface area contributed by atoms with E-state index in [1.54, 1.807) is 7.05 Å². The van der Waals surface area contributed by atoms with Crippen molar-refractivity contribution in [3.8, 4) is 0 Å². The van der Waals surface area contributed by atoms with Gasteiger partial charge in [0.05, 0.1) is 6.54 Å². The largest absolute Gasteiger partial charge is 0.401 e. The standard InChI is InChI=1S/C20H30F3N5.HI/c1-15-10-18(13-28(15)11-16-6-4-3-5-7-16)26-19(24-2)25-17-8-9-27(12-17)14-20(21,22)23;/h3-7,15,17-18H,8-14H2,1-2H3,(H2,24,25,26);1H. The van der Waals surface area contributed by atoms with E-state index in [0.717, 1.165) is 19.5 Å². The Morgan fingerprint density at radius 2 is 1.83 bits per heavy atom. The second-order valence-corrected chi connectivity index (χ2v) is 7.89. The normalized spacial score (nSPS) is 26.4. The Labute approximate surface area is 188 Å². The van der Waals surface area contributed by atoms with Crippen molar-refractivity contribution in [2.45, 2.75) is 50.6 Å². The number of likely N-dealkylation sites (tertiary alicyclic amines) is 2. The van der Waals surface area contributed by atoms with Crippen LogP contribution in [0.4, 0.5) is 13.2 Å². The molecule has 2 fully saturated rings. The Balaban J connectivity index is 0.00000300. The predicted octanol–water partition coefficient (Wildman–Crippen LogP) is 3.07. The van der Waals surface area contributed by atoms with Crippen molar-refractivity contribution in [1.82, 2.24) is 20.4 Å². The van der Waals surface area contributed by atoms with Crippen LogP contribution in [-0.4, -0.2) is 73.3 Å². The molecule has 0 amide bonds. The molecular formula is C20H31F3IN5. The number of guanidine groups is 1.